The number of carbonyl (C=O) groups excluding carboxylic acids is 2. The number of para-hydroxylation sites is 1. The van der Waals surface area contributed by atoms with Crippen molar-refractivity contribution in [3.8, 4) is 0 Å². The Labute approximate surface area is 197 Å². The second-order valence-electron chi connectivity index (χ2n) is 8.31. The van der Waals surface area contributed by atoms with Crippen LogP contribution in [0.3, 0.4) is 0 Å². The number of fused-ring (bicyclic) bond motifs is 1. The van der Waals surface area contributed by atoms with Crippen molar-refractivity contribution in [1.82, 2.24) is 4.31 Å². The van der Waals surface area contributed by atoms with Gasteiger partial charge in [0.15, 0.2) is 0 Å². The van der Waals surface area contributed by atoms with Crippen molar-refractivity contribution in [3.05, 3.63) is 52.0 Å². The van der Waals surface area contributed by atoms with E-state index in [0.717, 1.165) is 16.8 Å². The summed E-state index contributed by atoms with van der Waals surface area (Å²) in [5, 5.41) is 2.97. The number of aryl methyl sites for hydroxylation is 1. The number of piperidine rings is 1. The predicted molar refractivity (Wildman–Crippen MR) is 127 cm³/mol. The number of benzene rings is 2. The highest BCUT2D eigenvalue weighted by Gasteiger charge is 2.35. The fraction of sp³-hybridized carbons (Fsp3) is 0.391. The van der Waals surface area contributed by atoms with Crippen LogP contribution in [0.25, 0.3) is 0 Å². The average Bonchev–Trinajstić information content (AvgIpc) is 3.17. The maximum absolute atomic E-state index is 13.4. The van der Waals surface area contributed by atoms with Crippen molar-refractivity contribution in [2.24, 2.45) is 5.92 Å². The molecule has 1 fully saturated rings. The second-order valence-corrected chi connectivity index (χ2v) is 11.1. The average molecular weight is 520 g/mol. The van der Waals surface area contributed by atoms with E-state index in [1.807, 2.05) is 31.2 Å². The third-order valence-electron chi connectivity index (χ3n) is 6.25. The van der Waals surface area contributed by atoms with Gasteiger partial charge >= 0.3 is 0 Å². The second kappa shape index (κ2) is 8.96. The first-order chi connectivity index (χ1) is 15.2. The molecule has 0 aromatic heterocycles. The number of nitrogens with zero attached hydrogens (tertiary/aromatic N) is 2. The maximum Gasteiger partial charge on any atom is 0.244 e. The molecular formula is C23H26BrN3O4S. The molecule has 7 nitrogen and oxygen atoms in total. The van der Waals surface area contributed by atoms with Crippen LogP contribution in [0.15, 0.2) is 45.8 Å². The lowest BCUT2D eigenvalue weighted by atomic mass is 9.97. The minimum atomic E-state index is -3.76. The molecule has 170 valence electrons. The molecule has 2 aliphatic heterocycles. The Morgan fingerprint density at radius 3 is 2.44 bits per heavy atom. The Morgan fingerprint density at radius 2 is 1.78 bits per heavy atom. The van der Waals surface area contributed by atoms with Gasteiger partial charge in [-0.3, -0.25) is 9.59 Å². The summed E-state index contributed by atoms with van der Waals surface area (Å²) in [5.41, 5.74) is 3.39. The number of rotatable bonds is 4. The van der Waals surface area contributed by atoms with Gasteiger partial charge in [0.25, 0.3) is 0 Å². The summed E-state index contributed by atoms with van der Waals surface area (Å²) in [6.07, 6.45) is 1.62. The van der Waals surface area contributed by atoms with Gasteiger partial charge in [-0.05, 0) is 71.4 Å². The molecule has 0 spiro atoms. The summed E-state index contributed by atoms with van der Waals surface area (Å²) < 4.78 is 28.7. The molecule has 0 saturated carbocycles. The van der Waals surface area contributed by atoms with Crippen LogP contribution in [-0.4, -0.2) is 44.2 Å². The van der Waals surface area contributed by atoms with Crippen molar-refractivity contribution in [3.63, 3.8) is 0 Å². The molecule has 2 aliphatic rings. The topological polar surface area (TPSA) is 86.8 Å². The van der Waals surface area contributed by atoms with Crippen molar-refractivity contribution >= 4 is 49.1 Å². The van der Waals surface area contributed by atoms with Crippen molar-refractivity contribution in [1.29, 1.82) is 0 Å². The number of amides is 2. The molecule has 0 radical (unpaired) electrons. The summed E-state index contributed by atoms with van der Waals surface area (Å²) in [6.45, 7) is 4.52. The van der Waals surface area contributed by atoms with E-state index >= 15 is 0 Å². The first kappa shape index (κ1) is 22.9. The SMILES string of the molecule is CC(=O)N1CCc2cc(Br)c(S(=O)(=O)N3CCC(C(=O)Nc4ccccc4C)CC3)cc21. The number of hydrogen-bond acceptors (Lipinski definition) is 4. The van der Waals surface area contributed by atoms with E-state index < -0.39 is 10.0 Å². The molecule has 2 heterocycles. The Bertz CT molecular complexity index is 1170. The largest absolute Gasteiger partial charge is 0.326 e. The standard InChI is InChI=1S/C23H26BrN3O4S/c1-15-5-3-4-6-20(15)25-23(29)17-7-10-26(11-8-17)32(30,31)22-14-21-18(13-19(22)24)9-12-27(21)16(2)28/h3-6,13-14,17H,7-12H2,1-2H3,(H,25,29). The third-order valence-corrected chi connectivity index (χ3v) is 9.11. The fourth-order valence-corrected chi connectivity index (χ4v) is 6.90. The Kier molecular flexibility index (Phi) is 6.42. The Morgan fingerprint density at radius 1 is 1.09 bits per heavy atom. The molecule has 0 aliphatic carbocycles. The zero-order valence-corrected chi connectivity index (χ0v) is 20.5. The zero-order valence-electron chi connectivity index (χ0n) is 18.1. The minimum Gasteiger partial charge on any atom is -0.326 e. The number of carbonyl (C=O) groups is 2. The van der Waals surface area contributed by atoms with Gasteiger partial charge in [-0.25, -0.2) is 8.42 Å². The molecule has 4 rings (SSSR count). The van der Waals surface area contributed by atoms with E-state index in [0.29, 0.717) is 36.0 Å². The number of hydrogen-bond donors (Lipinski definition) is 1. The van der Waals surface area contributed by atoms with Gasteiger partial charge in [0.2, 0.25) is 21.8 Å². The molecular weight excluding hydrogens is 494 g/mol. The minimum absolute atomic E-state index is 0.0767. The van der Waals surface area contributed by atoms with Crippen LogP contribution in [0.2, 0.25) is 0 Å². The van der Waals surface area contributed by atoms with E-state index in [4.69, 9.17) is 0 Å². The number of anilines is 2. The van der Waals surface area contributed by atoms with Crippen LogP contribution in [0.1, 0.15) is 30.9 Å². The summed E-state index contributed by atoms with van der Waals surface area (Å²) in [7, 11) is -3.76. The smallest absolute Gasteiger partial charge is 0.244 e. The summed E-state index contributed by atoms with van der Waals surface area (Å²) in [4.78, 5) is 26.4. The molecule has 9 heteroatoms. The predicted octanol–water partition coefficient (Wildman–Crippen LogP) is 3.71. The van der Waals surface area contributed by atoms with Crippen LogP contribution in [0, 0.1) is 12.8 Å². The molecule has 0 atom stereocenters. The van der Waals surface area contributed by atoms with Gasteiger partial charge in [0.1, 0.15) is 0 Å². The molecule has 1 saturated heterocycles. The first-order valence-electron chi connectivity index (χ1n) is 10.7. The highest BCUT2D eigenvalue weighted by atomic mass is 79.9. The molecule has 0 unspecified atom stereocenters. The molecule has 2 aromatic carbocycles. The number of halogens is 1. The molecule has 2 aromatic rings. The van der Waals surface area contributed by atoms with Crippen LogP contribution >= 0.6 is 15.9 Å². The van der Waals surface area contributed by atoms with E-state index in [9.17, 15) is 18.0 Å². The summed E-state index contributed by atoms with van der Waals surface area (Å²) >= 11 is 3.41. The van der Waals surface area contributed by atoms with Gasteiger partial charge in [0.05, 0.1) is 4.90 Å². The van der Waals surface area contributed by atoms with Gasteiger partial charge in [-0.1, -0.05) is 18.2 Å². The van der Waals surface area contributed by atoms with E-state index in [1.165, 1.54) is 11.2 Å². The first-order valence-corrected chi connectivity index (χ1v) is 12.9. The zero-order chi connectivity index (χ0) is 23.0. The fourth-order valence-electron chi connectivity index (χ4n) is 4.36. The van der Waals surface area contributed by atoms with Crippen LogP contribution in [0.5, 0.6) is 0 Å². The normalized spacial score (nSPS) is 17.3. The summed E-state index contributed by atoms with van der Waals surface area (Å²) in [6, 6.07) is 11.0. The maximum atomic E-state index is 13.4. The molecule has 2 amide bonds. The van der Waals surface area contributed by atoms with Crippen molar-refractivity contribution in [2.75, 3.05) is 29.9 Å². The van der Waals surface area contributed by atoms with E-state index in [-0.39, 0.29) is 35.7 Å². The lowest BCUT2D eigenvalue weighted by molar-refractivity contribution is -0.121. The quantitative estimate of drug-likeness (QED) is 0.666. The monoisotopic (exact) mass is 519 g/mol. The number of nitrogens with one attached hydrogen (secondary N) is 1. The molecule has 1 N–H and O–H groups in total. The highest BCUT2D eigenvalue weighted by Crippen LogP contribution is 2.37. The van der Waals surface area contributed by atoms with Crippen molar-refractivity contribution in [2.45, 2.75) is 38.0 Å². The lowest BCUT2D eigenvalue weighted by Crippen LogP contribution is -2.41. The van der Waals surface area contributed by atoms with Crippen molar-refractivity contribution < 1.29 is 18.0 Å². The summed E-state index contributed by atoms with van der Waals surface area (Å²) in [5.74, 6) is -0.417. The van der Waals surface area contributed by atoms with Gasteiger partial charge in [0, 0.05) is 48.3 Å². The van der Waals surface area contributed by atoms with Crippen LogP contribution < -0.4 is 10.2 Å². The van der Waals surface area contributed by atoms with Gasteiger partial charge < -0.3 is 10.2 Å². The molecule has 0 bridgehead atoms. The van der Waals surface area contributed by atoms with Gasteiger partial charge in [-0.2, -0.15) is 4.31 Å². The van der Waals surface area contributed by atoms with E-state index in [1.54, 1.807) is 17.0 Å². The Balaban J connectivity index is 1.48. The highest BCUT2D eigenvalue weighted by molar-refractivity contribution is 9.10. The van der Waals surface area contributed by atoms with Crippen LogP contribution in [0.4, 0.5) is 11.4 Å². The van der Waals surface area contributed by atoms with Crippen LogP contribution in [-0.2, 0) is 26.0 Å². The van der Waals surface area contributed by atoms with E-state index in [2.05, 4.69) is 21.2 Å². The number of sulfonamides is 1. The molecule has 32 heavy (non-hydrogen) atoms. The lowest BCUT2D eigenvalue weighted by Gasteiger charge is -2.31. The third kappa shape index (κ3) is 4.33. The Hall–Kier alpha value is -2.23. The van der Waals surface area contributed by atoms with Gasteiger partial charge in [-0.15, -0.1) is 0 Å².